The maximum atomic E-state index is 5.25. The first-order valence-electron chi connectivity index (χ1n) is 53.6. The van der Waals surface area contributed by atoms with Crippen molar-refractivity contribution in [3.8, 4) is 213 Å². The molecule has 4 heterocycles. The van der Waals surface area contributed by atoms with Crippen molar-refractivity contribution in [3.63, 3.8) is 0 Å². The molecule has 7 heteroatoms. The summed E-state index contributed by atoms with van der Waals surface area (Å²) >= 11 is 0. The van der Waals surface area contributed by atoms with E-state index in [-0.39, 0.29) is 16.2 Å². The van der Waals surface area contributed by atoms with Gasteiger partial charge in [-0.2, -0.15) is 0 Å². The summed E-state index contributed by atoms with van der Waals surface area (Å²) in [6.07, 6.45) is 23.0. The smallest absolute Gasteiger partial charge is 0.160 e. The number of hydrogen-bond donors (Lipinski definition) is 0. The van der Waals surface area contributed by atoms with Crippen molar-refractivity contribution in [1.29, 1.82) is 0 Å². The second-order valence-corrected chi connectivity index (χ2v) is 41.2. The first-order chi connectivity index (χ1) is 74.3. The molecule has 0 bridgehead atoms. The van der Waals surface area contributed by atoms with Crippen LogP contribution in [0.4, 0.5) is 0 Å². The maximum Gasteiger partial charge on any atom is 0.160 e. The lowest BCUT2D eigenvalue weighted by Gasteiger charge is -2.36. The summed E-state index contributed by atoms with van der Waals surface area (Å²) in [5.74, 6) is 2.18. The lowest BCUT2D eigenvalue weighted by molar-refractivity contribution is 0.353. The van der Waals surface area contributed by atoms with Gasteiger partial charge in [0.15, 0.2) is 17.5 Å². The molecule has 3 spiro atoms. The highest BCUT2D eigenvalue weighted by atomic mass is 14.9. The zero-order chi connectivity index (χ0) is 99.7. The molecule has 0 aliphatic heterocycles. The highest BCUT2D eigenvalue weighted by Gasteiger charge is 2.48. The van der Waals surface area contributed by atoms with Crippen LogP contribution in [0.3, 0.4) is 0 Å². The molecule has 0 N–H and O–H groups in total. The van der Waals surface area contributed by atoms with Crippen LogP contribution in [-0.2, 0) is 16.2 Å². The van der Waals surface area contributed by atoms with Crippen LogP contribution in [0.2, 0.25) is 0 Å². The molecule has 0 amide bonds. The Labute approximate surface area is 879 Å². The van der Waals surface area contributed by atoms with Crippen LogP contribution in [-0.4, -0.2) is 34.9 Å². The topological polar surface area (TPSA) is 90.2 Å². The van der Waals surface area contributed by atoms with E-state index < -0.39 is 0 Å². The zero-order valence-electron chi connectivity index (χ0n) is 84.0. The Balaban J connectivity index is 0.000000114. The standard InChI is InChI=1S/C52H40N2.C46H36N2.C45H35N3/c1-4-13-41(14-5-1)48-35-49(54-51(53-48)43-15-6-2-7-16-43)42-31-27-39(28-32-42)37-23-21-36(22-24-37)38-25-29-40(30-26-38)44-18-12-20-47-50(44)45-17-8-9-19-46(45)52(47)33-10-3-11-34-52;1-4-15-32(16-5-1)42-31-43(48-45(47-42)33-17-6-2-7-18-33)37-22-13-20-35(30-37)34-19-12-21-36(29-34)38-24-14-26-41-44(38)39-23-8-9-25-40(39)46(41)27-10-3-11-28-46;1-3-13-33(14-4-1)44-47-41(32-24-22-31(23-25-32)34-15-12-28-46-30-34)29-42(48-44)36-17-6-5-16-35(36)37-19-11-21-40-43(37)38-18-7-8-20-39(38)45(40)26-9-2-10-27-45/h1-2,4-9,12-32,35H,3,10-11,33-34H2;1-2,4-9,12-26,29-31H,3,10-11,27-28H2;1,3-8,11-25,28-30H,2,9-10,26-27H2. The number of pyridine rings is 1. The van der Waals surface area contributed by atoms with E-state index in [1.807, 2.05) is 91.1 Å². The van der Waals surface area contributed by atoms with Gasteiger partial charge >= 0.3 is 0 Å². The van der Waals surface area contributed by atoms with Gasteiger partial charge in [-0.05, 0) is 220 Å². The summed E-state index contributed by atoms with van der Waals surface area (Å²) in [6.45, 7) is 0. The number of fused-ring (bicyclic) bond motifs is 15. The summed E-state index contributed by atoms with van der Waals surface area (Å²) in [6, 6.07) is 173. The van der Waals surface area contributed by atoms with Crippen molar-refractivity contribution >= 4 is 0 Å². The van der Waals surface area contributed by atoms with Crippen LogP contribution in [0.5, 0.6) is 0 Å². The molecule has 22 aromatic rings. The van der Waals surface area contributed by atoms with Gasteiger partial charge in [-0.1, -0.05) is 501 Å². The molecule has 0 unspecified atom stereocenters. The lowest BCUT2D eigenvalue weighted by atomic mass is 9.67. The Morgan fingerprint density at radius 3 is 0.773 bits per heavy atom. The third kappa shape index (κ3) is 17.4. The van der Waals surface area contributed by atoms with E-state index in [4.69, 9.17) is 29.9 Å². The predicted molar refractivity (Wildman–Crippen MR) is 619 cm³/mol. The molecule has 18 aromatic carbocycles. The van der Waals surface area contributed by atoms with Crippen LogP contribution in [0.25, 0.3) is 213 Å². The third-order valence-corrected chi connectivity index (χ3v) is 32.7. The van der Waals surface area contributed by atoms with Gasteiger partial charge in [0.25, 0.3) is 0 Å². The first kappa shape index (κ1) is 92.2. The van der Waals surface area contributed by atoms with E-state index in [2.05, 4.69) is 399 Å². The molecule has 6 aliphatic carbocycles. The molecule has 3 saturated carbocycles. The van der Waals surface area contributed by atoms with E-state index in [1.54, 1.807) is 17.3 Å². The Hall–Kier alpha value is -17.7. The minimum absolute atomic E-state index is 0.111. The van der Waals surface area contributed by atoms with Crippen molar-refractivity contribution in [2.45, 2.75) is 113 Å². The summed E-state index contributed by atoms with van der Waals surface area (Å²) in [5.41, 5.74) is 50.2. The minimum Gasteiger partial charge on any atom is -0.264 e. The van der Waals surface area contributed by atoms with E-state index in [1.165, 1.54) is 219 Å². The number of nitrogens with zero attached hydrogens (tertiary/aromatic N) is 7. The number of aromatic nitrogens is 7. The van der Waals surface area contributed by atoms with Crippen LogP contribution in [0.1, 0.15) is 130 Å². The summed E-state index contributed by atoms with van der Waals surface area (Å²) in [7, 11) is 0. The first-order valence-corrected chi connectivity index (χ1v) is 53.6. The summed E-state index contributed by atoms with van der Waals surface area (Å²) in [4.78, 5) is 34.7. The molecular weight excluding hydrogens is 1820 g/mol. The molecular formula is C143H111N7. The molecule has 4 aromatic heterocycles. The Morgan fingerprint density at radius 2 is 0.387 bits per heavy atom. The van der Waals surface area contributed by atoms with Gasteiger partial charge in [0, 0.05) is 78.7 Å². The van der Waals surface area contributed by atoms with E-state index in [0.29, 0.717) is 0 Å². The Morgan fingerprint density at radius 1 is 0.140 bits per heavy atom. The molecule has 6 aliphatic rings. The van der Waals surface area contributed by atoms with Crippen LogP contribution in [0, 0.1) is 0 Å². The van der Waals surface area contributed by atoms with Gasteiger partial charge in [0.1, 0.15) is 0 Å². The average molecular weight is 1930 g/mol. The van der Waals surface area contributed by atoms with Crippen molar-refractivity contribution in [1.82, 2.24) is 34.9 Å². The summed E-state index contributed by atoms with van der Waals surface area (Å²) < 4.78 is 0. The fourth-order valence-corrected chi connectivity index (χ4v) is 25.5. The number of hydrogen-bond acceptors (Lipinski definition) is 7. The van der Waals surface area contributed by atoms with Crippen LogP contribution >= 0.6 is 0 Å². The number of rotatable bonds is 16. The highest BCUT2D eigenvalue weighted by Crippen LogP contribution is 2.62. The molecule has 28 rings (SSSR count). The van der Waals surface area contributed by atoms with Crippen molar-refractivity contribution in [2.75, 3.05) is 0 Å². The van der Waals surface area contributed by atoms with E-state index >= 15 is 0 Å². The normalized spacial score (nSPS) is 14.3. The lowest BCUT2D eigenvalue weighted by Crippen LogP contribution is -2.27. The second kappa shape index (κ2) is 40.3. The van der Waals surface area contributed by atoms with Crippen molar-refractivity contribution in [3.05, 3.63) is 525 Å². The van der Waals surface area contributed by atoms with Gasteiger partial charge in [-0.25, -0.2) is 29.9 Å². The van der Waals surface area contributed by atoms with Crippen molar-refractivity contribution in [2.24, 2.45) is 0 Å². The van der Waals surface area contributed by atoms with Crippen LogP contribution < -0.4 is 0 Å². The summed E-state index contributed by atoms with van der Waals surface area (Å²) in [5, 5.41) is 0. The van der Waals surface area contributed by atoms with Gasteiger partial charge in [0.2, 0.25) is 0 Å². The molecule has 0 radical (unpaired) electrons. The average Bonchev–Trinajstić information content (AvgIpc) is 1.56. The predicted octanol–water partition coefficient (Wildman–Crippen LogP) is 37.2. The van der Waals surface area contributed by atoms with Crippen molar-refractivity contribution < 1.29 is 0 Å². The Kier molecular flexibility index (Phi) is 24.8. The van der Waals surface area contributed by atoms with Gasteiger partial charge in [-0.3, -0.25) is 4.98 Å². The van der Waals surface area contributed by atoms with Gasteiger partial charge in [0.05, 0.1) is 34.2 Å². The molecule has 718 valence electrons. The number of benzene rings is 18. The molecule has 0 saturated heterocycles. The van der Waals surface area contributed by atoms with Gasteiger partial charge in [-0.15, -0.1) is 0 Å². The fraction of sp³-hybridized carbons (Fsp3) is 0.126. The van der Waals surface area contributed by atoms with E-state index in [0.717, 1.165) is 113 Å². The molecule has 150 heavy (non-hydrogen) atoms. The minimum atomic E-state index is 0.111. The molecule has 3 fully saturated rings. The highest BCUT2D eigenvalue weighted by molar-refractivity contribution is 5.99. The molecule has 7 nitrogen and oxygen atoms in total. The second-order valence-electron chi connectivity index (χ2n) is 41.2. The maximum absolute atomic E-state index is 5.25. The van der Waals surface area contributed by atoms with Crippen LogP contribution in [0.15, 0.2) is 492 Å². The SMILES string of the molecule is c1ccc(-c2cc(-c3ccc(-c4ccc(-c5ccc(-c6cccc7c6-c6ccccc6C76CCCCC6)cc5)cc4)cc3)nc(-c3ccccc3)n2)cc1.c1ccc(-c2cc(-c3cccc(-c4cccc(-c5cccc6c5-c5ccccc5C65CCCCC5)c4)c3)nc(-c3ccccc3)n2)cc1.c1ccc(-c2nc(-c3ccc(-c4cccnc4)cc3)cc(-c3ccccc3-c3cccc4c3-c3ccccc3C43CCCCC3)n2)cc1. The fourth-order valence-electron chi connectivity index (χ4n) is 25.5. The monoisotopic (exact) mass is 1930 g/mol. The van der Waals surface area contributed by atoms with Gasteiger partial charge < -0.3 is 0 Å². The van der Waals surface area contributed by atoms with E-state index in [9.17, 15) is 0 Å². The third-order valence-electron chi connectivity index (χ3n) is 32.7. The quantitative estimate of drug-likeness (QED) is 0.0952. The largest absolute Gasteiger partial charge is 0.264 e. The molecule has 0 atom stereocenters. The zero-order valence-corrected chi connectivity index (χ0v) is 84.0. The Bertz CT molecular complexity index is 8600.